The van der Waals surface area contributed by atoms with Crippen LogP contribution >= 0.6 is 0 Å². The minimum absolute atomic E-state index is 0.873. The lowest BCUT2D eigenvalue weighted by Crippen LogP contribution is -2.10. The van der Waals surface area contributed by atoms with E-state index >= 15 is 0 Å². The lowest BCUT2D eigenvalue weighted by molar-refractivity contribution is -0.0329. The van der Waals surface area contributed by atoms with E-state index in [0.29, 0.717) is 0 Å². The van der Waals surface area contributed by atoms with Gasteiger partial charge in [0.1, 0.15) is 5.76 Å². The molecule has 0 bridgehead atoms. The van der Waals surface area contributed by atoms with Gasteiger partial charge in [0.15, 0.2) is 0 Å². The molecule has 1 aliphatic heterocycles. The van der Waals surface area contributed by atoms with Gasteiger partial charge in [-0.2, -0.15) is 5.06 Å². The lowest BCUT2D eigenvalue weighted by atomic mass is 10.4. The van der Waals surface area contributed by atoms with Gasteiger partial charge < -0.3 is 4.84 Å². The van der Waals surface area contributed by atoms with Gasteiger partial charge in [-0.3, -0.25) is 0 Å². The van der Waals surface area contributed by atoms with Gasteiger partial charge in [-0.25, -0.2) is 0 Å². The summed E-state index contributed by atoms with van der Waals surface area (Å²) in [5, 5.41) is 1.55. The van der Waals surface area contributed by atoms with Crippen LogP contribution in [0.2, 0.25) is 0 Å². The zero-order chi connectivity index (χ0) is 6.69. The van der Waals surface area contributed by atoms with Crippen molar-refractivity contribution in [1.29, 1.82) is 0 Å². The highest BCUT2D eigenvalue weighted by Gasteiger charge is 1.97. The summed E-state index contributed by atoms with van der Waals surface area (Å²) in [5.74, 6) is 0.873. The van der Waals surface area contributed by atoms with E-state index in [-0.39, 0.29) is 0 Å². The molecule has 0 aromatic carbocycles. The normalized spacial score (nSPS) is 16.6. The van der Waals surface area contributed by atoms with Crippen molar-refractivity contribution in [1.82, 2.24) is 5.06 Å². The molecule has 1 aliphatic rings. The molecule has 0 aromatic heterocycles. The first kappa shape index (κ1) is 5.95. The molecular formula is C7H9NO. The highest BCUT2D eigenvalue weighted by molar-refractivity contribution is 5.09. The van der Waals surface area contributed by atoms with E-state index in [1.54, 1.807) is 17.5 Å². The molecule has 0 atom stereocenters. The van der Waals surface area contributed by atoms with Crippen LogP contribution in [0.15, 0.2) is 36.9 Å². The highest BCUT2D eigenvalue weighted by Crippen LogP contribution is 2.07. The quantitative estimate of drug-likeness (QED) is 0.527. The Morgan fingerprint density at radius 3 is 3.00 bits per heavy atom. The average molecular weight is 123 g/mol. The van der Waals surface area contributed by atoms with Crippen LogP contribution in [0, 0.1) is 0 Å². The molecule has 0 saturated carbocycles. The van der Waals surface area contributed by atoms with E-state index in [2.05, 4.69) is 6.58 Å². The number of hydrogen-bond acceptors (Lipinski definition) is 2. The van der Waals surface area contributed by atoms with Crippen LogP contribution in [0.5, 0.6) is 0 Å². The molecule has 2 nitrogen and oxygen atoms in total. The van der Waals surface area contributed by atoms with Gasteiger partial charge in [-0.15, -0.1) is 0 Å². The second kappa shape index (κ2) is 2.40. The zero-order valence-corrected chi connectivity index (χ0v) is 5.37. The van der Waals surface area contributed by atoms with Crippen LogP contribution in [0.3, 0.4) is 0 Å². The van der Waals surface area contributed by atoms with Crippen LogP contribution in [0.25, 0.3) is 0 Å². The number of nitrogens with zero attached hydrogens (tertiary/aromatic N) is 1. The van der Waals surface area contributed by atoms with Crippen molar-refractivity contribution in [3.8, 4) is 0 Å². The molecule has 0 radical (unpaired) electrons. The predicted molar refractivity (Wildman–Crippen MR) is 36.0 cm³/mol. The van der Waals surface area contributed by atoms with E-state index in [4.69, 9.17) is 4.84 Å². The molecule has 0 aliphatic carbocycles. The smallest absolute Gasteiger partial charge is 0.129 e. The Bertz CT molecular complexity index is 170. The van der Waals surface area contributed by atoms with Crippen molar-refractivity contribution >= 4 is 0 Å². The van der Waals surface area contributed by atoms with Crippen LogP contribution in [0.4, 0.5) is 0 Å². The number of rotatable bonds is 1. The fourth-order valence-corrected chi connectivity index (χ4v) is 0.589. The minimum atomic E-state index is 0.873. The largest absolute Gasteiger partial charge is 0.381 e. The first-order valence-electron chi connectivity index (χ1n) is 2.77. The van der Waals surface area contributed by atoms with Crippen molar-refractivity contribution in [3.63, 3.8) is 0 Å². The topological polar surface area (TPSA) is 12.5 Å². The Morgan fingerprint density at radius 2 is 2.56 bits per heavy atom. The van der Waals surface area contributed by atoms with Crippen molar-refractivity contribution in [2.45, 2.75) is 6.92 Å². The van der Waals surface area contributed by atoms with Crippen LogP contribution in [0.1, 0.15) is 6.92 Å². The molecule has 0 saturated heterocycles. The molecule has 0 amide bonds. The Morgan fingerprint density at radius 1 is 1.78 bits per heavy atom. The van der Waals surface area contributed by atoms with Crippen LogP contribution in [-0.4, -0.2) is 5.06 Å². The molecule has 0 unspecified atom stereocenters. The second-order valence-electron chi connectivity index (χ2n) is 1.75. The van der Waals surface area contributed by atoms with Gasteiger partial charge in [0.2, 0.25) is 0 Å². The maximum absolute atomic E-state index is 5.12. The predicted octanol–water partition coefficient (Wildman–Crippen LogP) is 1.79. The standard InChI is InChI=1S/C7H9NO/c1-3-8-6-4-5-7(2)9-8/h3-6H,1H2,2H3. The molecule has 48 valence electrons. The molecule has 0 fully saturated rings. The summed E-state index contributed by atoms with van der Waals surface area (Å²) in [7, 11) is 0. The third-order valence-electron chi connectivity index (χ3n) is 0.993. The lowest BCUT2D eigenvalue weighted by Gasteiger charge is -2.18. The first-order chi connectivity index (χ1) is 4.33. The molecule has 9 heavy (non-hydrogen) atoms. The van der Waals surface area contributed by atoms with Gasteiger partial charge in [-0.1, -0.05) is 6.58 Å². The fourth-order valence-electron chi connectivity index (χ4n) is 0.589. The molecule has 0 aromatic rings. The van der Waals surface area contributed by atoms with Crippen molar-refractivity contribution in [3.05, 3.63) is 36.9 Å². The molecule has 0 spiro atoms. The maximum Gasteiger partial charge on any atom is 0.129 e. The number of hydrogen-bond donors (Lipinski definition) is 0. The Kier molecular flexibility index (Phi) is 1.58. The van der Waals surface area contributed by atoms with Crippen molar-refractivity contribution < 1.29 is 4.84 Å². The highest BCUT2D eigenvalue weighted by atomic mass is 16.7. The van der Waals surface area contributed by atoms with Gasteiger partial charge in [0, 0.05) is 12.4 Å². The minimum Gasteiger partial charge on any atom is -0.381 e. The number of allylic oxidation sites excluding steroid dienone is 3. The van der Waals surface area contributed by atoms with E-state index in [0.717, 1.165) is 5.76 Å². The summed E-state index contributed by atoms with van der Waals surface area (Å²) < 4.78 is 0. The van der Waals surface area contributed by atoms with E-state index < -0.39 is 0 Å². The van der Waals surface area contributed by atoms with Crippen molar-refractivity contribution in [2.24, 2.45) is 0 Å². The van der Waals surface area contributed by atoms with Crippen molar-refractivity contribution in [2.75, 3.05) is 0 Å². The summed E-state index contributed by atoms with van der Waals surface area (Å²) in [6, 6.07) is 0. The second-order valence-corrected chi connectivity index (χ2v) is 1.75. The Balaban J connectivity index is 2.61. The van der Waals surface area contributed by atoms with Crippen LogP contribution < -0.4 is 0 Å². The van der Waals surface area contributed by atoms with Gasteiger partial charge >= 0.3 is 0 Å². The van der Waals surface area contributed by atoms with E-state index in [1.807, 2.05) is 19.1 Å². The molecule has 1 rings (SSSR count). The summed E-state index contributed by atoms with van der Waals surface area (Å²) in [6.07, 6.45) is 7.19. The van der Waals surface area contributed by atoms with Gasteiger partial charge in [0.05, 0.1) is 0 Å². The average Bonchev–Trinajstić information content (AvgIpc) is 1.88. The summed E-state index contributed by atoms with van der Waals surface area (Å²) in [5.41, 5.74) is 0. The third-order valence-corrected chi connectivity index (χ3v) is 0.993. The van der Waals surface area contributed by atoms with Crippen LogP contribution in [-0.2, 0) is 4.84 Å². The summed E-state index contributed by atoms with van der Waals surface area (Å²) in [4.78, 5) is 5.12. The molecule has 2 heteroatoms. The van der Waals surface area contributed by atoms with E-state index in [9.17, 15) is 0 Å². The first-order valence-corrected chi connectivity index (χ1v) is 2.77. The Hall–Kier alpha value is -1.18. The van der Waals surface area contributed by atoms with Gasteiger partial charge in [-0.05, 0) is 19.1 Å². The summed E-state index contributed by atoms with van der Waals surface area (Å²) in [6.45, 7) is 5.43. The number of hydroxylamine groups is 2. The zero-order valence-electron chi connectivity index (χ0n) is 5.37. The van der Waals surface area contributed by atoms with E-state index in [1.165, 1.54) is 0 Å². The molecule has 0 N–H and O–H groups in total. The molecule has 1 heterocycles. The monoisotopic (exact) mass is 123 g/mol. The fraction of sp³-hybridized carbons (Fsp3) is 0.143. The maximum atomic E-state index is 5.12. The molecular weight excluding hydrogens is 114 g/mol. The summed E-state index contributed by atoms with van der Waals surface area (Å²) >= 11 is 0. The van der Waals surface area contributed by atoms with Gasteiger partial charge in [0.25, 0.3) is 0 Å². The SMILES string of the molecule is C=CN1C=CC=C(C)O1. The third kappa shape index (κ3) is 1.35. The Labute approximate surface area is 54.7 Å².